The zero-order valence-corrected chi connectivity index (χ0v) is 16.4. The molecule has 1 aromatic heterocycles. The molecule has 1 aliphatic heterocycles. The molecule has 1 amide bonds. The molecule has 1 fully saturated rings. The molecule has 0 aliphatic carbocycles. The fourth-order valence-electron chi connectivity index (χ4n) is 3.65. The molecule has 3 aromatic rings. The summed E-state index contributed by atoms with van der Waals surface area (Å²) in [5, 5.41) is 0.797. The second-order valence-corrected chi connectivity index (χ2v) is 9.10. The van der Waals surface area contributed by atoms with E-state index >= 15 is 0 Å². The van der Waals surface area contributed by atoms with Crippen molar-refractivity contribution in [3.05, 3.63) is 71.9 Å². The number of hydrogen-bond acceptors (Lipinski definition) is 4. The lowest BCUT2D eigenvalue weighted by atomic mass is 10.1. The van der Waals surface area contributed by atoms with Gasteiger partial charge in [0.2, 0.25) is 0 Å². The average molecular weight is 394 g/mol. The van der Waals surface area contributed by atoms with Crippen LogP contribution in [0.3, 0.4) is 0 Å². The van der Waals surface area contributed by atoms with Crippen molar-refractivity contribution in [2.24, 2.45) is 0 Å². The van der Waals surface area contributed by atoms with Crippen molar-refractivity contribution in [3.63, 3.8) is 0 Å². The maximum absolute atomic E-state index is 13.0. The Bertz CT molecular complexity index is 1100. The minimum absolute atomic E-state index is 0.0207. The number of benzene rings is 2. The van der Waals surface area contributed by atoms with Gasteiger partial charge in [0.15, 0.2) is 9.84 Å². The van der Waals surface area contributed by atoms with Gasteiger partial charge in [0.1, 0.15) is 0 Å². The SMILES string of the molecule is O=C(c1ccc(CS(=O)(=O)c2cccc3cccnc23)cc1)N1CCCCC1. The Hall–Kier alpha value is -2.73. The van der Waals surface area contributed by atoms with Crippen LogP contribution in [0.4, 0.5) is 0 Å². The molecular formula is C22H22N2O3S. The van der Waals surface area contributed by atoms with E-state index in [1.54, 1.807) is 48.7 Å². The third kappa shape index (κ3) is 3.78. The lowest BCUT2D eigenvalue weighted by Crippen LogP contribution is -2.35. The standard InChI is InChI=1S/C22H22N2O3S/c25-22(24-14-2-1-3-15-24)19-11-9-17(10-12-19)16-28(26,27)20-8-4-6-18-7-5-13-23-21(18)20/h4-13H,1-3,14-16H2. The van der Waals surface area contributed by atoms with E-state index in [0.717, 1.165) is 31.3 Å². The van der Waals surface area contributed by atoms with Crippen LogP contribution in [0.25, 0.3) is 10.9 Å². The van der Waals surface area contributed by atoms with Crippen molar-refractivity contribution in [1.29, 1.82) is 0 Å². The predicted octanol–water partition coefficient (Wildman–Crippen LogP) is 3.83. The fourth-order valence-corrected chi connectivity index (χ4v) is 5.19. The van der Waals surface area contributed by atoms with Gasteiger partial charge in [-0.25, -0.2) is 8.42 Å². The highest BCUT2D eigenvalue weighted by atomic mass is 32.2. The number of piperidine rings is 1. The highest BCUT2D eigenvalue weighted by Gasteiger charge is 2.21. The summed E-state index contributed by atoms with van der Waals surface area (Å²) in [6.45, 7) is 1.59. The van der Waals surface area contributed by atoms with E-state index in [4.69, 9.17) is 0 Å². The molecule has 0 saturated carbocycles. The summed E-state index contributed by atoms with van der Waals surface area (Å²) in [7, 11) is -3.55. The summed E-state index contributed by atoms with van der Waals surface area (Å²) in [5.74, 6) is -0.103. The van der Waals surface area contributed by atoms with Crippen LogP contribution in [0.1, 0.15) is 35.2 Å². The molecule has 28 heavy (non-hydrogen) atoms. The number of rotatable bonds is 4. The quantitative estimate of drug-likeness (QED) is 0.674. The Labute approximate surface area is 164 Å². The molecular weight excluding hydrogens is 372 g/mol. The Morgan fingerprint density at radius 1 is 0.929 bits per heavy atom. The average Bonchev–Trinajstić information content (AvgIpc) is 2.74. The minimum atomic E-state index is -3.55. The number of nitrogens with zero attached hydrogens (tertiary/aromatic N) is 2. The van der Waals surface area contributed by atoms with Crippen LogP contribution in [0.15, 0.2) is 65.7 Å². The van der Waals surface area contributed by atoms with Crippen LogP contribution in [0, 0.1) is 0 Å². The number of sulfone groups is 1. The van der Waals surface area contributed by atoms with Crippen LogP contribution in [-0.4, -0.2) is 37.3 Å². The fraction of sp³-hybridized carbons (Fsp3) is 0.273. The van der Waals surface area contributed by atoms with Crippen LogP contribution in [0.2, 0.25) is 0 Å². The molecule has 0 unspecified atom stereocenters. The number of para-hydroxylation sites is 1. The van der Waals surface area contributed by atoms with E-state index in [0.29, 0.717) is 16.6 Å². The van der Waals surface area contributed by atoms with Gasteiger partial charge in [0.25, 0.3) is 5.91 Å². The van der Waals surface area contributed by atoms with Crippen LogP contribution < -0.4 is 0 Å². The minimum Gasteiger partial charge on any atom is -0.339 e. The number of pyridine rings is 1. The molecule has 6 heteroatoms. The Morgan fingerprint density at radius 3 is 2.39 bits per heavy atom. The second kappa shape index (κ2) is 7.72. The van der Waals surface area contributed by atoms with Crippen molar-refractivity contribution >= 4 is 26.6 Å². The van der Waals surface area contributed by atoms with Crippen molar-refractivity contribution in [2.45, 2.75) is 29.9 Å². The van der Waals surface area contributed by atoms with Gasteiger partial charge >= 0.3 is 0 Å². The van der Waals surface area contributed by atoms with Gasteiger partial charge in [0.05, 0.1) is 16.2 Å². The normalized spacial score (nSPS) is 14.9. The molecule has 0 atom stereocenters. The summed E-state index contributed by atoms with van der Waals surface area (Å²) in [4.78, 5) is 18.9. The number of likely N-dealkylation sites (tertiary alicyclic amines) is 1. The molecule has 5 nitrogen and oxygen atoms in total. The lowest BCUT2D eigenvalue weighted by Gasteiger charge is -2.26. The third-order valence-corrected chi connectivity index (χ3v) is 6.84. The number of fused-ring (bicyclic) bond motifs is 1. The van der Waals surface area contributed by atoms with Gasteiger partial charge in [-0.05, 0) is 49.1 Å². The third-order valence-electron chi connectivity index (χ3n) is 5.13. The summed E-state index contributed by atoms with van der Waals surface area (Å²) in [5.41, 5.74) is 1.75. The molecule has 0 bridgehead atoms. The smallest absolute Gasteiger partial charge is 0.253 e. The van der Waals surface area contributed by atoms with Crippen molar-refractivity contribution < 1.29 is 13.2 Å². The molecule has 0 N–H and O–H groups in total. The van der Waals surface area contributed by atoms with E-state index in [2.05, 4.69) is 4.98 Å². The first-order valence-electron chi connectivity index (χ1n) is 9.49. The molecule has 1 aliphatic rings. The molecule has 0 spiro atoms. The first-order chi connectivity index (χ1) is 13.5. The monoisotopic (exact) mass is 394 g/mol. The predicted molar refractivity (Wildman–Crippen MR) is 109 cm³/mol. The van der Waals surface area contributed by atoms with E-state index in [-0.39, 0.29) is 16.6 Å². The lowest BCUT2D eigenvalue weighted by molar-refractivity contribution is 0.0724. The summed E-state index contributed by atoms with van der Waals surface area (Å²) in [6, 6.07) is 15.7. The van der Waals surface area contributed by atoms with Gasteiger partial charge in [-0.3, -0.25) is 9.78 Å². The topological polar surface area (TPSA) is 67.3 Å². The van der Waals surface area contributed by atoms with Crippen molar-refractivity contribution in [1.82, 2.24) is 9.88 Å². The van der Waals surface area contributed by atoms with E-state index in [9.17, 15) is 13.2 Å². The number of carbonyl (C=O) groups is 1. The van der Waals surface area contributed by atoms with Crippen molar-refractivity contribution in [3.8, 4) is 0 Å². The van der Waals surface area contributed by atoms with Gasteiger partial charge in [0, 0.05) is 30.2 Å². The molecule has 0 radical (unpaired) electrons. The van der Waals surface area contributed by atoms with E-state index in [1.165, 1.54) is 6.42 Å². The van der Waals surface area contributed by atoms with Gasteiger partial charge in [-0.15, -0.1) is 0 Å². The number of carbonyl (C=O) groups excluding carboxylic acids is 1. The Morgan fingerprint density at radius 2 is 1.64 bits per heavy atom. The van der Waals surface area contributed by atoms with Gasteiger partial charge in [-0.1, -0.05) is 30.3 Å². The van der Waals surface area contributed by atoms with Gasteiger partial charge in [-0.2, -0.15) is 0 Å². The van der Waals surface area contributed by atoms with Gasteiger partial charge < -0.3 is 4.90 Å². The second-order valence-electron chi connectivity index (χ2n) is 7.14. The zero-order valence-electron chi connectivity index (χ0n) is 15.5. The number of aromatic nitrogens is 1. The largest absolute Gasteiger partial charge is 0.339 e. The summed E-state index contributed by atoms with van der Waals surface area (Å²) >= 11 is 0. The number of hydrogen-bond donors (Lipinski definition) is 0. The first-order valence-corrected chi connectivity index (χ1v) is 11.1. The van der Waals surface area contributed by atoms with Crippen molar-refractivity contribution in [2.75, 3.05) is 13.1 Å². The summed E-state index contributed by atoms with van der Waals surface area (Å²) < 4.78 is 25.9. The van der Waals surface area contributed by atoms with E-state index in [1.807, 2.05) is 17.0 Å². The zero-order chi connectivity index (χ0) is 19.6. The first kappa shape index (κ1) is 18.6. The van der Waals surface area contributed by atoms with E-state index < -0.39 is 9.84 Å². The summed E-state index contributed by atoms with van der Waals surface area (Å²) in [6.07, 6.45) is 4.86. The Balaban J connectivity index is 1.56. The maximum atomic E-state index is 13.0. The van der Waals surface area contributed by atoms with Crippen LogP contribution in [0.5, 0.6) is 0 Å². The molecule has 144 valence electrons. The molecule has 2 heterocycles. The Kier molecular flexibility index (Phi) is 5.13. The van der Waals surface area contributed by atoms with Crippen LogP contribution >= 0.6 is 0 Å². The molecule has 1 saturated heterocycles. The maximum Gasteiger partial charge on any atom is 0.253 e. The number of amides is 1. The highest BCUT2D eigenvalue weighted by molar-refractivity contribution is 7.90. The molecule has 4 rings (SSSR count). The van der Waals surface area contributed by atoms with Crippen LogP contribution in [-0.2, 0) is 15.6 Å². The highest BCUT2D eigenvalue weighted by Crippen LogP contribution is 2.24. The molecule has 2 aromatic carbocycles.